The highest BCUT2D eigenvalue weighted by Crippen LogP contribution is 2.42. The summed E-state index contributed by atoms with van der Waals surface area (Å²) in [4.78, 5) is 15.6. The maximum atomic E-state index is 6.55. The minimum Gasteiger partial charge on any atom is -0.456 e. The maximum Gasteiger partial charge on any atom is 0.164 e. The quantitative estimate of drug-likeness (QED) is 0.178. The highest BCUT2D eigenvalue weighted by Gasteiger charge is 2.21. The second kappa shape index (κ2) is 12.2. The van der Waals surface area contributed by atoms with Crippen molar-refractivity contribution < 1.29 is 13.3 Å². The lowest BCUT2D eigenvalue weighted by atomic mass is 9.96. The smallest absolute Gasteiger partial charge is 0.164 e. The first-order chi connectivity index (χ1) is 29.2. The molecule has 0 amide bonds. The SMILES string of the molecule is c1ccc2cc(-c3nc(-c4ccc5c(c4)oc4ccccc45)nc(-c4cccc5oc6ccc(-c7cccc8oc9cc%10ccccc%10cc9c78)cc6c45)n3)ccc2c1. The van der Waals surface area contributed by atoms with Crippen LogP contribution in [0.1, 0.15) is 0 Å². The molecule has 6 heteroatoms. The predicted molar refractivity (Wildman–Crippen MR) is 238 cm³/mol. The second-order valence-corrected chi connectivity index (χ2v) is 15.1. The van der Waals surface area contributed by atoms with Gasteiger partial charge in [0.1, 0.15) is 33.5 Å². The van der Waals surface area contributed by atoms with Gasteiger partial charge in [-0.2, -0.15) is 0 Å². The van der Waals surface area contributed by atoms with Crippen LogP contribution >= 0.6 is 0 Å². The second-order valence-electron chi connectivity index (χ2n) is 15.1. The topological polar surface area (TPSA) is 78.1 Å². The standard InChI is InChI=1S/C53H29N3O3/c1-2-10-31-25-35(20-19-30(31)9-1)51-54-52(36-21-23-39-38-13-5-6-16-43(38)58-47(39)29-36)56-53(55-51)40-15-8-18-46-50(40)41-27-34(22-24-44(41)57-46)37-14-7-17-45-49(37)42-26-32-11-3-4-12-33(32)28-48(42)59-45/h1-29H. The van der Waals surface area contributed by atoms with Crippen molar-refractivity contribution in [1.29, 1.82) is 0 Å². The van der Waals surface area contributed by atoms with Crippen LogP contribution in [0.25, 0.3) is 133 Å². The van der Waals surface area contributed by atoms with Gasteiger partial charge in [0, 0.05) is 49.0 Å². The number of fused-ring (bicyclic) bond motifs is 11. The monoisotopic (exact) mass is 755 g/mol. The fourth-order valence-electron chi connectivity index (χ4n) is 8.88. The Kier molecular flexibility index (Phi) is 6.63. The molecule has 0 N–H and O–H groups in total. The van der Waals surface area contributed by atoms with Gasteiger partial charge in [0.2, 0.25) is 0 Å². The lowest BCUT2D eigenvalue weighted by molar-refractivity contribution is 0.668. The Labute approximate surface area is 335 Å². The molecule has 6 nitrogen and oxygen atoms in total. The highest BCUT2D eigenvalue weighted by atomic mass is 16.3. The Hall–Kier alpha value is -8.09. The van der Waals surface area contributed by atoms with Gasteiger partial charge in [-0.25, -0.2) is 15.0 Å². The van der Waals surface area contributed by atoms with E-state index in [4.69, 9.17) is 28.2 Å². The summed E-state index contributed by atoms with van der Waals surface area (Å²) >= 11 is 0. The molecule has 0 spiro atoms. The highest BCUT2D eigenvalue weighted by molar-refractivity contribution is 6.18. The molecule has 0 aliphatic rings. The normalized spacial score (nSPS) is 12.1. The molecule has 0 aliphatic heterocycles. The number of nitrogens with zero attached hydrogens (tertiary/aromatic N) is 3. The van der Waals surface area contributed by atoms with Crippen molar-refractivity contribution >= 4 is 87.4 Å². The van der Waals surface area contributed by atoms with Crippen molar-refractivity contribution in [1.82, 2.24) is 15.0 Å². The van der Waals surface area contributed by atoms with Crippen LogP contribution < -0.4 is 0 Å². The van der Waals surface area contributed by atoms with Crippen molar-refractivity contribution in [3.63, 3.8) is 0 Å². The molecule has 0 aliphatic carbocycles. The van der Waals surface area contributed by atoms with Crippen LogP contribution in [0.15, 0.2) is 189 Å². The van der Waals surface area contributed by atoms with Gasteiger partial charge in [0.05, 0.1) is 0 Å². The van der Waals surface area contributed by atoms with E-state index in [9.17, 15) is 0 Å². The summed E-state index contributed by atoms with van der Waals surface area (Å²) < 4.78 is 19.3. The molecule has 13 rings (SSSR count). The zero-order valence-corrected chi connectivity index (χ0v) is 31.3. The van der Waals surface area contributed by atoms with Crippen molar-refractivity contribution in [2.75, 3.05) is 0 Å². The molecule has 0 saturated heterocycles. The lowest BCUT2D eigenvalue weighted by Gasteiger charge is -2.10. The number of hydrogen-bond acceptors (Lipinski definition) is 6. The molecule has 0 bridgehead atoms. The molecule has 4 heterocycles. The summed E-state index contributed by atoms with van der Waals surface area (Å²) in [6, 6.07) is 60.5. The van der Waals surface area contributed by atoms with Gasteiger partial charge >= 0.3 is 0 Å². The van der Waals surface area contributed by atoms with Crippen LogP contribution in [0.5, 0.6) is 0 Å². The van der Waals surface area contributed by atoms with Gasteiger partial charge in [-0.05, 0) is 93.3 Å². The molecule has 0 radical (unpaired) electrons. The third-order valence-corrected chi connectivity index (χ3v) is 11.7. The van der Waals surface area contributed by atoms with Gasteiger partial charge in [-0.1, -0.05) is 115 Å². The van der Waals surface area contributed by atoms with Gasteiger partial charge in [-0.15, -0.1) is 0 Å². The van der Waals surface area contributed by atoms with E-state index in [1.165, 1.54) is 5.39 Å². The molecule has 274 valence electrons. The minimum atomic E-state index is 0.552. The first-order valence-corrected chi connectivity index (χ1v) is 19.7. The Balaban J connectivity index is 1.03. The van der Waals surface area contributed by atoms with E-state index < -0.39 is 0 Å². The van der Waals surface area contributed by atoms with Crippen LogP contribution in [0.2, 0.25) is 0 Å². The molecule has 0 atom stereocenters. The van der Waals surface area contributed by atoms with Crippen LogP contribution in [0.4, 0.5) is 0 Å². The fourth-order valence-corrected chi connectivity index (χ4v) is 8.88. The van der Waals surface area contributed by atoms with E-state index >= 15 is 0 Å². The van der Waals surface area contributed by atoms with E-state index in [0.29, 0.717) is 17.5 Å². The van der Waals surface area contributed by atoms with Crippen LogP contribution in [0, 0.1) is 0 Å². The zero-order valence-electron chi connectivity index (χ0n) is 31.3. The number of para-hydroxylation sites is 1. The average Bonchev–Trinajstić information content (AvgIpc) is 3.98. The van der Waals surface area contributed by atoms with E-state index in [-0.39, 0.29) is 0 Å². The van der Waals surface area contributed by atoms with Gasteiger partial charge in [0.25, 0.3) is 0 Å². The molecule has 9 aromatic carbocycles. The maximum absolute atomic E-state index is 6.55. The van der Waals surface area contributed by atoms with Crippen LogP contribution in [-0.2, 0) is 0 Å². The summed E-state index contributed by atoms with van der Waals surface area (Å²) in [5.74, 6) is 1.69. The van der Waals surface area contributed by atoms with E-state index in [1.807, 2.05) is 42.5 Å². The molecule has 0 unspecified atom stereocenters. The van der Waals surface area contributed by atoms with Crippen molar-refractivity contribution in [2.45, 2.75) is 0 Å². The minimum absolute atomic E-state index is 0.552. The van der Waals surface area contributed by atoms with E-state index in [2.05, 4.69) is 133 Å². The summed E-state index contributed by atoms with van der Waals surface area (Å²) in [6.07, 6.45) is 0. The molecule has 0 fully saturated rings. The number of hydrogen-bond donors (Lipinski definition) is 0. The first-order valence-electron chi connectivity index (χ1n) is 19.7. The molecular weight excluding hydrogens is 727 g/mol. The third-order valence-electron chi connectivity index (χ3n) is 11.7. The first kappa shape index (κ1) is 32.0. The number of rotatable bonds is 4. The van der Waals surface area contributed by atoms with Crippen LogP contribution in [-0.4, -0.2) is 15.0 Å². The molecule has 4 aromatic heterocycles. The van der Waals surface area contributed by atoms with Crippen LogP contribution in [0.3, 0.4) is 0 Å². The van der Waals surface area contributed by atoms with Crippen molar-refractivity contribution in [2.24, 2.45) is 0 Å². The summed E-state index contributed by atoms with van der Waals surface area (Å²) in [6.45, 7) is 0. The van der Waals surface area contributed by atoms with Crippen molar-refractivity contribution in [3.05, 3.63) is 176 Å². The molecule has 13 aromatic rings. The zero-order chi connectivity index (χ0) is 38.6. The summed E-state index contributed by atoms with van der Waals surface area (Å²) in [5, 5.41) is 10.8. The van der Waals surface area contributed by atoms with Gasteiger partial charge in [-0.3, -0.25) is 0 Å². The lowest BCUT2D eigenvalue weighted by Crippen LogP contribution is -2.00. The van der Waals surface area contributed by atoms with E-state index in [0.717, 1.165) is 110 Å². The summed E-state index contributed by atoms with van der Waals surface area (Å²) in [7, 11) is 0. The Bertz CT molecular complexity index is 3870. The van der Waals surface area contributed by atoms with Gasteiger partial charge in [0.15, 0.2) is 17.5 Å². The average molecular weight is 756 g/mol. The molecular formula is C53H29N3O3. The number of furan rings is 3. The molecule has 0 saturated carbocycles. The predicted octanol–water partition coefficient (Wildman–Crippen LogP) is 14.5. The Morgan fingerprint density at radius 2 is 0.797 bits per heavy atom. The Morgan fingerprint density at radius 1 is 0.271 bits per heavy atom. The third kappa shape index (κ3) is 4.96. The van der Waals surface area contributed by atoms with E-state index in [1.54, 1.807) is 0 Å². The van der Waals surface area contributed by atoms with Crippen molar-refractivity contribution in [3.8, 4) is 45.3 Å². The number of aromatic nitrogens is 3. The van der Waals surface area contributed by atoms with Gasteiger partial charge < -0.3 is 13.3 Å². The number of benzene rings is 9. The fraction of sp³-hybridized carbons (Fsp3) is 0. The largest absolute Gasteiger partial charge is 0.456 e. The summed E-state index contributed by atoms with van der Waals surface area (Å²) in [5.41, 5.74) is 9.62. The molecule has 59 heavy (non-hydrogen) atoms. The Morgan fingerprint density at radius 3 is 1.63 bits per heavy atom.